The number of quaternary nitrogens is 1. The fourth-order valence-corrected chi connectivity index (χ4v) is 2.43. The van der Waals surface area contributed by atoms with E-state index in [4.69, 9.17) is 4.42 Å². The van der Waals surface area contributed by atoms with Gasteiger partial charge in [0.1, 0.15) is 0 Å². The molecule has 2 aromatic carbocycles. The number of halogens is 3. The van der Waals surface area contributed by atoms with E-state index < -0.39 is 29.0 Å². The lowest BCUT2D eigenvalue weighted by Crippen LogP contribution is -3.08. The largest absolute Gasteiger partial charge is 0.415 e. The highest BCUT2D eigenvalue weighted by Crippen LogP contribution is 2.19. The number of hydrogen-bond donors (Lipinski definition) is 2. The minimum Gasteiger partial charge on any atom is -0.415 e. The Balaban J connectivity index is 1.58. The normalized spacial score (nSPS) is 12.0. The number of nitrogens with one attached hydrogen (secondary N) is 2. The molecule has 0 radical (unpaired) electrons. The number of likely N-dealkylation sites (N-methyl/N-ethyl adjacent to an activating group) is 1. The fourth-order valence-electron chi connectivity index (χ4n) is 2.43. The minimum atomic E-state index is -1.63. The Bertz CT molecular complexity index is 947. The van der Waals surface area contributed by atoms with E-state index in [1.807, 2.05) is 30.3 Å². The van der Waals surface area contributed by atoms with Crippen molar-refractivity contribution in [2.75, 3.05) is 18.9 Å². The predicted octanol–water partition coefficient (Wildman–Crippen LogP) is 1.81. The van der Waals surface area contributed by atoms with E-state index >= 15 is 0 Å². The number of benzene rings is 2. The van der Waals surface area contributed by atoms with Crippen LogP contribution in [0, 0.1) is 17.5 Å². The Labute approximate surface area is 152 Å². The van der Waals surface area contributed by atoms with Crippen LogP contribution in [0.3, 0.4) is 0 Å². The van der Waals surface area contributed by atoms with Gasteiger partial charge in [-0.1, -0.05) is 18.2 Å². The molecule has 0 bridgehead atoms. The Kier molecular flexibility index (Phi) is 5.51. The minimum absolute atomic E-state index is 0.0680. The summed E-state index contributed by atoms with van der Waals surface area (Å²) in [4.78, 5) is 12.7. The summed E-state index contributed by atoms with van der Waals surface area (Å²) in [7, 11) is 1.70. The molecule has 0 spiro atoms. The third-order valence-electron chi connectivity index (χ3n) is 3.71. The number of hydrogen-bond acceptors (Lipinski definition) is 4. The van der Waals surface area contributed by atoms with E-state index in [1.165, 1.54) is 0 Å². The molecule has 6 nitrogen and oxygen atoms in total. The first-order valence-electron chi connectivity index (χ1n) is 8.06. The lowest BCUT2D eigenvalue weighted by atomic mass is 10.2. The average Bonchev–Trinajstić information content (AvgIpc) is 3.11. The monoisotopic (exact) mass is 377 g/mol. The van der Waals surface area contributed by atoms with Gasteiger partial charge >= 0.3 is 0 Å². The summed E-state index contributed by atoms with van der Waals surface area (Å²) >= 11 is 0. The van der Waals surface area contributed by atoms with Gasteiger partial charge in [-0.3, -0.25) is 4.79 Å². The SMILES string of the molecule is C[NH+](CC(=O)Nc1ccc(F)c(F)c1F)Cc1nnc(-c2ccccc2)o1. The highest BCUT2D eigenvalue weighted by molar-refractivity contribution is 5.91. The molecule has 1 unspecified atom stereocenters. The quantitative estimate of drug-likeness (QED) is 0.643. The summed E-state index contributed by atoms with van der Waals surface area (Å²) in [6, 6.07) is 10.9. The topological polar surface area (TPSA) is 72.5 Å². The Morgan fingerprint density at radius 3 is 2.56 bits per heavy atom. The smallest absolute Gasteiger partial charge is 0.279 e. The van der Waals surface area contributed by atoms with Gasteiger partial charge in [0.15, 0.2) is 30.5 Å². The maximum absolute atomic E-state index is 13.6. The lowest BCUT2D eigenvalue weighted by molar-refractivity contribution is -0.886. The molecule has 1 aromatic heterocycles. The van der Waals surface area contributed by atoms with Crippen molar-refractivity contribution in [3.05, 3.63) is 65.8 Å². The van der Waals surface area contributed by atoms with E-state index in [1.54, 1.807) is 7.05 Å². The third kappa shape index (κ3) is 4.50. The zero-order valence-electron chi connectivity index (χ0n) is 14.3. The van der Waals surface area contributed by atoms with Crippen LogP contribution in [-0.4, -0.2) is 29.7 Å². The van der Waals surface area contributed by atoms with Gasteiger partial charge in [-0.15, -0.1) is 10.2 Å². The van der Waals surface area contributed by atoms with Gasteiger partial charge < -0.3 is 14.6 Å². The maximum atomic E-state index is 13.6. The molecular weight excluding hydrogens is 361 g/mol. The number of carbonyl (C=O) groups is 1. The first-order chi connectivity index (χ1) is 12.9. The molecule has 1 amide bonds. The van der Waals surface area contributed by atoms with Crippen LogP contribution in [0.1, 0.15) is 5.89 Å². The van der Waals surface area contributed by atoms with Crippen molar-refractivity contribution in [2.24, 2.45) is 0 Å². The van der Waals surface area contributed by atoms with Crippen LogP contribution in [0.15, 0.2) is 46.9 Å². The van der Waals surface area contributed by atoms with Crippen LogP contribution in [0.2, 0.25) is 0 Å². The molecule has 0 saturated heterocycles. The molecule has 1 heterocycles. The van der Waals surface area contributed by atoms with Crippen molar-refractivity contribution in [3.8, 4) is 11.5 Å². The van der Waals surface area contributed by atoms with E-state index in [0.29, 0.717) is 16.7 Å². The Hall–Kier alpha value is -3.20. The van der Waals surface area contributed by atoms with Crippen LogP contribution in [0.4, 0.5) is 18.9 Å². The van der Waals surface area contributed by atoms with Crippen molar-refractivity contribution in [1.82, 2.24) is 10.2 Å². The second-order valence-electron chi connectivity index (χ2n) is 5.95. The van der Waals surface area contributed by atoms with Crippen molar-refractivity contribution < 1.29 is 27.3 Å². The maximum Gasteiger partial charge on any atom is 0.279 e. The van der Waals surface area contributed by atoms with Gasteiger partial charge in [-0.25, -0.2) is 13.2 Å². The number of carbonyl (C=O) groups excluding carboxylic acids is 1. The van der Waals surface area contributed by atoms with Gasteiger partial charge in [-0.2, -0.15) is 0 Å². The van der Waals surface area contributed by atoms with E-state index in [9.17, 15) is 18.0 Å². The first-order valence-corrected chi connectivity index (χ1v) is 8.06. The van der Waals surface area contributed by atoms with Crippen LogP contribution < -0.4 is 10.2 Å². The first kappa shape index (κ1) is 18.6. The van der Waals surface area contributed by atoms with Gasteiger partial charge in [-0.05, 0) is 24.3 Å². The summed E-state index contributed by atoms with van der Waals surface area (Å²) in [5.74, 6) is -4.26. The fraction of sp³-hybridized carbons (Fsp3) is 0.167. The Morgan fingerprint density at radius 2 is 1.81 bits per heavy atom. The van der Waals surface area contributed by atoms with Crippen LogP contribution in [0.25, 0.3) is 11.5 Å². The highest BCUT2D eigenvalue weighted by Gasteiger charge is 2.19. The summed E-state index contributed by atoms with van der Waals surface area (Å²) in [6.07, 6.45) is 0. The number of anilines is 1. The number of amides is 1. The molecule has 1 atom stereocenters. The van der Waals surface area contributed by atoms with Gasteiger partial charge in [0, 0.05) is 5.56 Å². The van der Waals surface area contributed by atoms with Crippen molar-refractivity contribution in [1.29, 1.82) is 0 Å². The second-order valence-corrected chi connectivity index (χ2v) is 5.95. The Morgan fingerprint density at radius 1 is 1.07 bits per heavy atom. The molecule has 9 heteroatoms. The summed E-state index contributed by atoms with van der Waals surface area (Å²) < 4.78 is 45.3. The predicted molar refractivity (Wildman–Crippen MR) is 90.1 cm³/mol. The number of aromatic nitrogens is 2. The summed E-state index contributed by atoms with van der Waals surface area (Å²) in [5, 5.41) is 10.1. The molecular formula is C18H16F3N4O2+. The van der Waals surface area contributed by atoms with Gasteiger partial charge in [0.2, 0.25) is 5.89 Å². The molecule has 3 aromatic rings. The number of nitrogens with zero attached hydrogens (tertiary/aromatic N) is 2. The molecule has 140 valence electrons. The van der Waals surface area contributed by atoms with Crippen molar-refractivity contribution in [2.45, 2.75) is 6.54 Å². The van der Waals surface area contributed by atoms with Crippen LogP contribution >= 0.6 is 0 Å². The van der Waals surface area contributed by atoms with Gasteiger partial charge in [0.25, 0.3) is 11.8 Å². The molecule has 0 fully saturated rings. The van der Waals surface area contributed by atoms with Crippen molar-refractivity contribution in [3.63, 3.8) is 0 Å². The number of rotatable bonds is 6. The van der Waals surface area contributed by atoms with Crippen LogP contribution in [0.5, 0.6) is 0 Å². The zero-order chi connectivity index (χ0) is 19.4. The van der Waals surface area contributed by atoms with Crippen LogP contribution in [-0.2, 0) is 11.3 Å². The van der Waals surface area contributed by atoms with E-state index in [0.717, 1.165) is 17.7 Å². The standard InChI is InChI=1S/C18H15F3N4O2/c1-25(9-14(26)22-13-8-7-12(19)16(20)17(13)21)10-15-23-24-18(27-15)11-5-3-2-4-6-11/h2-8H,9-10H2,1H3,(H,22,26)/p+1. The summed E-state index contributed by atoms with van der Waals surface area (Å²) in [5.41, 5.74) is 0.358. The molecule has 0 aliphatic heterocycles. The highest BCUT2D eigenvalue weighted by atomic mass is 19.2. The van der Waals surface area contributed by atoms with Crippen molar-refractivity contribution >= 4 is 11.6 Å². The average molecular weight is 377 g/mol. The molecule has 27 heavy (non-hydrogen) atoms. The lowest BCUT2D eigenvalue weighted by Gasteiger charge is -2.12. The molecule has 3 rings (SSSR count). The molecule has 2 N–H and O–H groups in total. The van der Waals surface area contributed by atoms with E-state index in [-0.39, 0.29) is 13.1 Å². The molecule has 0 aliphatic rings. The van der Waals surface area contributed by atoms with E-state index in [2.05, 4.69) is 15.5 Å². The third-order valence-corrected chi connectivity index (χ3v) is 3.71. The zero-order valence-corrected chi connectivity index (χ0v) is 14.3. The molecule has 0 aliphatic carbocycles. The molecule has 0 saturated carbocycles. The summed E-state index contributed by atoms with van der Waals surface area (Å²) in [6.45, 7) is 0.189. The second kappa shape index (κ2) is 8.00. The van der Waals surface area contributed by atoms with Gasteiger partial charge in [0.05, 0.1) is 12.7 Å².